The van der Waals surface area contributed by atoms with E-state index >= 15 is 0 Å². The Balaban J connectivity index is 1.62. The van der Waals surface area contributed by atoms with Crippen molar-refractivity contribution < 1.29 is 19.1 Å². The molecule has 4 nitrogen and oxygen atoms in total. The summed E-state index contributed by atoms with van der Waals surface area (Å²) < 4.78 is 11.2. The quantitative estimate of drug-likeness (QED) is 0.315. The lowest BCUT2D eigenvalue weighted by Crippen LogP contribution is -2.08. The molecule has 0 saturated carbocycles. The highest BCUT2D eigenvalue weighted by molar-refractivity contribution is 6.32. The van der Waals surface area contributed by atoms with Crippen LogP contribution in [-0.4, -0.2) is 11.8 Å². The molecule has 1 heterocycles. The van der Waals surface area contributed by atoms with Crippen LogP contribution in [0.25, 0.3) is 6.08 Å². The predicted octanol–water partition coefficient (Wildman–Crippen LogP) is 5.79. The molecule has 1 aliphatic heterocycles. The normalized spacial score (nSPS) is 13.9. The van der Waals surface area contributed by atoms with Gasteiger partial charge in [-0.15, -0.1) is 0 Å². The summed E-state index contributed by atoms with van der Waals surface area (Å²) in [4.78, 5) is 25.2. The van der Waals surface area contributed by atoms with E-state index in [0.29, 0.717) is 38.8 Å². The second kappa shape index (κ2) is 7.57. The Morgan fingerprint density at radius 1 is 1.03 bits per heavy atom. The number of carbonyl (C=O) groups is 2. The van der Waals surface area contributed by atoms with E-state index in [2.05, 4.69) is 0 Å². The van der Waals surface area contributed by atoms with Crippen LogP contribution in [0, 0.1) is 13.8 Å². The molecule has 4 rings (SSSR count). The fourth-order valence-electron chi connectivity index (χ4n) is 3.13. The van der Waals surface area contributed by atoms with Crippen LogP contribution in [0.15, 0.2) is 66.4 Å². The van der Waals surface area contributed by atoms with Gasteiger partial charge >= 0.3 is 5.97 Å². The Hall–Kier alpha value is -3.37. The molecule has 0 radical (unpaired) electrons. The molecule has 0 bridgehead atoms. The van der Waals surface area contributed by atoms with E-state index in [9.17, 15) is 9.59 Å². The molecule has 0 saturated heterocycles. The minimum absolute atomic E-state index is 0.179. The third-order valence-electron chi connectivity index (χ3n) is 4.63. The fourth-order valence-corrected chi connectivity index (χ4v) is 3.32. The van der Waals surface area contributed by atoms with Crippen molar-refractivity contribution in [2.24, 2.45) is 0 Å². The van der Waals surface area contributed by atoms with E-state index in [4.69, 9.17) is 21.1 Å². The predicted molar refractivity (Wildman–Crippen MR) is 112 cm³/mol. The van der Waals surface area contributed by atoms with Crippen LogP contribution in [-0.2, 0) is 0 Å². The molecule has 144 valence electrons. The zero-order chi connectivity index (χ0) is 20.5. The molecule has 0 aromatic heterocycles. The van der Waals surface area contributed by atoms with Crippen molar-refractivity contribution in [2.45, 2.75) is 13.8 Å². The molecule has 0 fully saturated rings. The number of halogens is 1. The first-order valence-electron chi connectivity index (χ1n) is 9.04. The molecular formula is C24H17ClO4. The third kappa shape index (κ3) is 3.80. The third-order valence-corrected chi connectivity index (χ3v) is 4.98. The van der Waals surface area contributed by atoms with Gasteiger partial charge in [-0.25, -0.2) is 4.79 Å². The van der Waals surface area contributed by atoms with Crippen molar-refractivity contribution in [1.29, 1.82) is 0 Å². The summed E-state index contributed by atoms with van der Waals surface area (Å²) in [7, 11) is 0. The number of fused-ring (bicyclic) bond motifs is 1. The molecule has 0 spiro atoms. The van der Waals surface area contributed by atoms with Gasteiger partial charge in [0.15, 0.2) is 5.76 Å². The summed E-state index contributed by atoms with van der Waals surface area (Å²) in [6, 6.07) is 17.5. The highest BCUT2D eigenvalue weighted by atomic mass is 35.5. The largest absolute Gasteiger partial charge is 0.452 e. The Labute approximate surface area is 173 Å². The highest BCUT2D eigenvalue weighted by Crippen LogP contribution is 2.38. The minimum Gasteiger partial charge on any atom is -0.452 e. The fraction of sp³-hybridized carbons (Fsp3) is 0.0833. The number of esters is 1. The monoisotopic (exact) mass is 404 g/mol. The van der Waals surface area contributed by atoms with Crippen LogP contribution >= 0.6 is 11.6 Å². The van der Waals surface area contributed by atoms with Gasteiger partial charge < -0.3 is 9.47 Å². The van der Waals surface area contributed by atoms with Gasteiger partial charge in [0.25, 0.3) is 0 Å². The number of aryl methyl sites for hydroxylation is 2. The second-order valence-electron chi connectivity index (χ2n) is 6.83. The van der Waals surface area contributed by atoms with E-state index in [0.717, 1.165) is 5.56 Å². The number of hydrogen-bond donors (Lipinski definition) is 0. The number of Topliss-reactive ketones (excluding diaryl/α,β-unsaturated/α-hetero) is 1. The number of carbonyl (C=O) groups excluding carboxylic acids is 2. The first kappa shape index (κ1) is 19.0. The summed E-state index contributed by atoms with van der Waals surface area (Å²) in [6.07, 6.45) is 1.61. The number of benzene rings is 3. The van der Waals surface area contributed by atoms with Crippen LogP contribution < -0.4 is 9.47 Å². The van der Waals surface area contributed by atoms with Gasteiger partial charge in [0, 0.05) is 11.1 Å². The number of ketones is 1. The van der Waals surface area contributed by atoms with E-state index in [-0.39, 0.29) is 11.5 Å². The molecule has 3 aromatic rings. The van der Waals surface area contributed by atoms with Crippen molar-refractivity contribution >= 4 is 29.4 Å². The van der Waals surface area contributed by atoms with Gasteiger partial charge in [0.1, 0.15) is 11.5 Å². The maximum absolute atomic E-state index is 12.8. The molecule has 3 aromatic carbocycles. The lowest BCUT2D eigenvalue weighted by atomic mass is 10.0. The van der Waals surface area contributed by atoms with Crippen molar-refractivity contribution in [2.75, 3.05) is 0 Å². The van der Waals surface area contributed by atoms with E-state index in [1.165, 1.54) is 0 Å². The zero-order valence-electron chi connectivity index (χ0n) is 15.9. The average Bonchev–Trinajstić information content (AvgIpc) is 3.00. The Kier molecular flexibility index (Phi) is 4.95. The van der Waals surface area contributed by atoms with Gasteiger partial charge in [0.05, 0.1) is 11.1 Å². The maximum Gasteiger partial charge on any atom is 0.343 e. The molecule has 29 heavy (non-hydrogen) atoms. The number of ether oxygens (including phenoxy) is 2. The molecule has 0 aliphatic carbocycles. The molecule has 5 heteroatoms. The maximum atomic E-state index is 12.8. The van der Waals surface area contributed by atoms with E-state index in [1.54, 1.807) is 49.4 Å². The standard InChI is InChI=1S/C24H17ClO4/c1-14-7-9-16(10-8-14)24(27)28-18-11-15(2)22-20(13-18)29-21(23(22)26)12-17-5-3-4-6-19(17)25/h3-13H,1-2H3/b21-12-. The molecule has 0 N–H and O–H groups in total. The number of allylic oxidation sites excluding steroid dienone is 1. The van der Waals surface area contributed by atoms with Crippen molar-refractivity contribution in [3.05, 3.63) is 99.3 Å². The second-order valence-corrected chi connectivity index (χ2v) is 7.24. The Bertz CT molecular complexity index is 1160. The van der Waals surface area contributed by atoms with Crippen LogP contribution in [0.4, 0.5) is 0 Å². The lowest BCUT2D eigenvalue weighted by molar-refractivity contribution is 0.0734. The van der Waals surface area contributed by atoms with E-state index in [1.807, 2.05) is 31.2 Å². The summed E-state index contributed by atoms with van der Waals surface area (Å²) in [5, 5.41) is 0.525. The lowest BCUT2D eigenvalue weighted by Gasteiger charge is -2.08. The Morgan fingerprint density at radius 2 is 1.76 bits per heavy atom. The first-order chi connectivity index (χ1) is 13.9. The smallest absolute Gasteiger partial charge is 0.343 e. The molecule has 0 amide bonds. The van der Waals surface area contributed by atoms with Gasteiger partial charge in [-0.1, -0.05) is 47.5 Å². The van der Waals surface area contributed by atoms with Gasteiger partial charge in [0.2, 0.25) is 5.78 Å². The highest BCUT2D eigenvalue weighted by Gasteiger charge is 2.30. The molecular weight excluding hydrogens is 388 g/mol. The van der Waals surface area contributed by atoms with Crippen molar-refractivity contribution in [3.63, 3.8) is 0 Å². The van der Waals surface area contributed by atoms with Crippen LogP contribution in [0.1, 0.15) is 37.4 Å². The topological polar surface area (TPSA) is 52.6 Å². The average molecular weight is 405 g/mol. The minimum atomic E-state index is -0.472. The van der Waals surface area contributed by atoms with Crippen molar-refractivity contribution in [3.8, 4) is 11.5 Å². The van der Waals surface area contributed by atoms with Gasteiger partial charge in [-0.2, -0.15) is 0 Å². The number of rotatable bonds is 3. The van der Waals surface area contributed by atoms with Crippen LogP contribution in [0.3, 0.4) is 0 Å². The van der Waals surface area contributed by atoms with E-state index < -0.39 is 5.97 Å². The molecule has 1 aliphatic rings. The van der Waals surface area contributed by atoms with Crippen LogP contribution in [0.5, 0.6) is 11.5 Å². The molecule has 0 atom stereocenters. The zero-order valence-corrected chi connectivity index (χ0v) is 16.6. The Morgan fingerprint density at radius 3 is 2.48 bits per heavy atom. The van der Waals surface area contributed by atoms with Crippen molar-refractivity contribution in [1.82, 2.24) is 0 Å². The number of hydrogen-bond acceptors (Lipinski definition) is 4. The summed E-state index contributed by atoms with van der Waals surface area (Å²) >= 11 is 6.17. The van der Waals surface area contributed by atoms with Gasteiger partial charge in [-0.05, 0) is 55.3 Å². The summed E-state index contributed by atoms with van der Waals surface area (Å²) in [5.41, 5.74) is 3.32. The first-order valence-corrected chi connectivity index (χ1v) is 9.42. The summed E-state index contributed by atoms with van der Waals surface area (Å²) in [6.45, 7) is 3.72. The molecule has 0 unspecified atom stereocenters. The van der Waals surface area contributed by atoms with Gasteiger partial charge in [-0.3, -0.25) is 4.79 Å². The van der Waals surface area contributed by atoms with Crippen LogP contribution in [0.2, 0.25) is 5.02 Å². The SMILES string of the molecule is Cc1ccc(C(=O)Oc2cc(C)c3c(c2)O/C(=C\c2ccccc2Cl)C3=O)cc1. The summed E-state index contributed by atoms with van der Waals surface area (Å²) in [5.74, 6) is 0.158.